The number of rotatable bonds is 4. The van der Waals surface area contributed by atoms with Crippen molar-refractivity contribution >= 4 is 5.69 Å². The Morgan fingerprint density at radius 3 is 3.05 bits per heavy atom. The molecule has 0 aliphatic carbocycles. The van der Waals surface area contributed by atoms with E-state index in [1.54, 1.807) is 25.3 Å². The molecular formula is C15H18N4O2. The summed E-state index contributed by atoms with van der Waals surface area (Å²) in [7, 11) is 0. The number of aromatic nitrogens is 2. The molecule has 2 N–H and O–H groups in total. The summed E-state index contributed by atoms with van der Waals surface area (Å²) in [6.45, 7) is 2.81. The van der Waals surface area contributed by atoms with Crippen molar-refractivity contribution in [2.24, 2.45) is 0 Å². The first-order chi connectivity index (χ1) is 10.1. The Balaban J connectivity index is 1.82. The van der Waals surface area contributed by atoms with Crippen LogP contribution in [0.15, 0.2) is 24.4 Å². The predicted molar refractivity (Wildman–Crippen MR) is 80.1 cm³/mol. The summed E-state index contributed by atoms with van der Waals surface area (Å²) in [6.07, 6.45) is 5.00. The van der Waals surface area contributed by atoms with Crippen molar-refractivity contribution in [3.05, 3.63) is 45.9 Å². The van der Waals surface area contributed by atoms with E-state index < -0.39 is 0 Å². The topological polar surface area (TPSA) is 83.8 Å². The number of hydrogen-bond acceptors (Lipinski definition) is 4. The van der Waals surface area contributed by atoms with Crippen LogP contribution in [0, 0.1) is 17.0 Å². The van der Waals surface area contributed by atoms with E-state index in [2.05, 4.69) is 15.3 Å². The summed E-state index contributed by atoms with van der Waals surface area (Å²) in [5, 5.41) is 14.4. The van der Waals surface area contributed by atoms with Crippen LogP contribution in [-0.2, 0) is 6.42 Å². The minimum atomic E-state index is -0.349. The van der Waals surface area contributed by atoms with Crippen LogP contribution in [-0.4, -0.2) is 27.5 Å². The third kappa shape index (κ3) is 2.95. The first kappa shape index (κ1) is 13.8. The van der Waals surface area contributed by atoms with Gasteiger partial charge in [0.25, 0.3) is 5.69 Å². The molecule has 0 amide bonds. The number of hydrogen-bond donors (Lipinski definition) is 2. The van der Waals surface area contributed by atoms with Crippen molar-refractivity contribution in [1.82, 2.24) is 15.3 Å². The second-order valence-corrected chi connectivity index (χ2v) is 5.50. The fourth-order valence-corrected chi connectivity index (χ4v) is 2.75. The summed E-state index contributed by atoms with van der Waals surface area (Å²) in [6, 6.07) is 5.73. The Hall–Kier alpha value is -2.21. The lowest BCUT2D eigenvalue weighted by atomic mass is 10.1. The zero-order valence-corrected chi connectivity index (χ0v) is 11.9. The third-order valence-corrected chi connectivity index (χ3v) is 3.95. The first-order valence-electron chi connectivity index (χ1n) is 7.16. The molecule has 21 heavy (non-hydrogen) atoms. The largest absolute Gasteiger partial charge is 0.342 e. The number of H-pyrrole nitrogens is 1. The second kappa shape index (κ2) is 5.65. The van der Waals surface area contributed by atoms with Crippen molar-refractivity contribution in [2.45, 2.75) is 32.2 Å². The molecule has 1 unspecified atom stereocenters. The molecule has 0 radical (unpaired) electrons. The van der Waals surface area contributed by atoms with Gasteiger partial charge in [0, 0.05) is 29.7 Å². The van der Waals surface area contributed by atoms with E-state index in [0.29, 0.717) is 11.6 Å². The number of imidazole rings is 1. The number of nitro benzene ring substituents is 1. The van der Waals surface area contributed by atoms with Gasteiger partial charge in [0.2, 0.25) is 0 Å². The average molecular weight is 286 g/mol. The predicted octanol–water partition coefficient (Wildman–Crippen LogP) is 2.59. The molecule has 2 heterocycles. The van der Waals surface area contributed by atoms with Gasteiger partial charge >= 0.3 is 0 Å². The maximum absolute atomic E-state index is 11.0. The Bertz CT molecular complexity index is 659. The minimum Gasteiger partial charge on any atom is -0.342 e. The molecule has 1 atom stereocenters. The molecule has 1 aliphatic heterocycles. The summed E-state index contributed by atoms with van der Waals surface area (Å²) >= 11 is 0. The number of benzene rings is 1. The Kier molecular flexibility index (Phi) is 3.70. The maximum atomic E-state index is 11.0. The molecule has 1 aliphatic rings. The van der Waals surface area contributed by atoms with Gasteiger partial charge in [0.1, 0.15) is 5.82 Å². The zero-order chi connectivity index (χ0) is 14.8. The number of aryl methyl sites for hydroxylation is 1. The molecule has 6 nitrogen and oxygen atoms in total. The molecule has 1 aromatic heterocycles. The van der Waals surface area contributed by atoms with Crippen LogP contribution in [0.5, 0.6) is 0 Å². The highest BCUT2D eigenvalue weighted by molar-refractivity contribution is 5.63. The Labute approximate surface area is 122 Å². The van der Waals surface area contributed by atoms with Crippen LogP contribution in [0.25, 0.3) is 11.3 Å². The maximum Gasteiger partial charge on any atom is 0.272 e. The molecule has 1 aromatic carbocycles. The van der Waals surface area contributed by atoms with Crippen LogP contribution in [0.1, 0.15) is 24.2 Å². The zero-order valence-electron chi connectivity index (χ0n) is 11.9. The molecule has 110 valence electrons. The van der Waals surface area contributed by atoms with E-state index in [4.69, 9.17) is 0 Å². The molecule has 6 heteroatoms. The molecule has 3 rings (SSSR count). The number of nitro groups is 1. The summed E-state index contributed by atoms with van der Waals surface area (Å²) in [5.74, 6) is 0.924. The molecule has 0 saturated carbocycles. The Morgan fingerprint density at radius 2 is 2.33 bits per heavy atom. The van der Waals surface area contributed by atoms with Crippen molar-refractivity contribution in [1.29, 1.82) is 0 Å². The van der Waals surface area contributed by atoms with Crippen LogP contribution in [0.3, 0.4) is 0 Å². The lowest BCUT2D eigenvalue weighted by Crippen LogP contribution is -2.24. The highest BCUT2D eigenvalue weighted by Crippen LogP contribution is 2.26. The normalized spacial score (nSPS) is 18.0. The summed E-state index contributed by atoms with van der Waals surface area (Å²) < 4.78 is 0. The standard InChI is InChI=1S/C15H18N4O2/c1-10-4-5-11(7-14(10)19(20)21)13-9-17-15(18-13)8-12-3-2-6-16-12/h4-5,7,9,12,16H,2-3,6,8H2,1H3,(H,17,18). The molecule has 0 spiro atoms. The van der Waals surface area contributed by atoms with Gasteiger partial charge < -0.3 is 10.3 Å². The molecule has 0 bridgehead atoms. The minimum absolute atomic E-state index is 0.140. The average Bonchev–Trinajstić information content (AvgIpc) is 3.11. The first-order valence-corrected chi connectivity index (χ1v) is 7.16. The van der Waals surface area contributed by atoms with Gasteiger partial charge in [0.15, 0.2) is 0 Å². The van der Waals surface area contributed by atoms with E-state index in [9.17, 15) is 10.1 Å². The summed E-state index contributed by atoms with van der Waals surface area (Å²) in [5.41, 5.74) is 2.43. The Morgan fingerprint density at radius 1 is 1.48 bits per heavy atom. The van der Waals surface area contributed by atoms with E-state index in [1.165, 1.54) is 12.8 Å². The van der Waals surface area contributed by atoms with Gasteiger partial charge in [0.05, 0.1) is 16.8 Å². The number of nitrogens with zero attached hydrogens (tertiary/aromatic N) is 2. The monoisotopic (exact) mass is 286 g/mol. The van der Waals surface area contributed by atoms with Crippen LogP contribution >= 0.6 is 0 Å². The smallest absolute Gasteiger partial charge is 0.272 e. The fraction of sp³-hybridized carbons (Fsp3) is 0.400. The van der Waals surface area contributed by atoms with Crippen LogP contribution < -0.4 is 5.32 Å². The van der Waals surface area contributed by atoms with E-state index >= 15 is 0 Å². The molecule has 2 aromatic rings. The number of nitrogens with one attached hydrogen (secondary N) is 2. The van der Waals surface area contributed by atoms with Gasteiger partial charge in [-0.15, -0.1) is 0 Å². The van der Waals surface area contributed by atoms with Crippen LogP contribution in [0.4, 0.5) is 5.69 Å². The highest BCUT2D eigenvalue weighted by Gasteiger charge is 2.17. The fourth-order valence-electron chi connectivity index (χ4n) is 2.75. The molecule has 1 fully saturated rings. The quantitative estimate of drug-likeness (QED) is 0.668. The van der Waals surface area contributed by atoms with Gasteiger partial charge in [-0.05, 0) is 26.3 Å². The van der Waals surface area contributed by atoms with Gasteiger partial charge in [-0.1, -0.05) is 12.1 Å². The van der Waals surface area contributed by atoms with Gasteiger partial charge in [-0.2, -0.15) is 0 Å². The van der Waals surface area contributed by atoms with Crippen molar-refractivity contribution < 1.29 is 4.92 Å². The van der Waals surface area contributed by atoms with Crippen molar-refractivity contribution in [3.8, 4) is 11.3 Å². The van der Waals surface area contributed by atoms with E-state index in [0.717, 1.165) is 30.0 Å². The SMILES string of the molecule is Cc1ccc(-c2cnc(CC3CCCN3)[nH]2)cc1[N+](=O)[O-]. The molecular weight excluding hydrogens is 268 g/mol. The lowest BCUT2D eigenvalue weighted by molar-refractivity contribution is -0.385. The van der Waals surface area contributed by atoms with Gasteiger partial charge in [-0.25, -0.2) is 4.98 Å². The van der Waals surface area contributed by atoms with Crippen molar-refractivity contribution in [3.63, 3.8) is 0 Å². The summed E-state index contributed by atoms with van der Waals surface area (Å²) in [4.78, 5) is 18.3. The third-order valence-electron chi connectivity index (χ3n) is 3.95. The van der Waals surface area contributed by atoms with Gasteiger partial charge in [-0.3, -0.25) is 10.1 Å². The second-order valence-electron chi connectivity index (χ2n) is 5.50. The van der Waals surface area contributed by atoms with E-state index in [1.807, 2.05) is 6.07 Å². The van der Waals surface area contributed by atoms with Crippen molar-refractivity contribution in [2.75, 3.05) is 6.54 Å². The highest BCUT2D eigenvalue weighted by atomic mass is 16.6. The van der Waals surface area contributed by atoms with Crippen LogP contribution in [0.2, 0.25) is 0 Å². The lowest BCUT2D eigenvalue weighted by Gasteiger charge is -2.06. The number of aromatic amines is 1. The van der Waals surface area contributed by atoms with E-state index in [-0.39, 0.29) is 10.6 Å². The molecule has 1 saturated heterocycles.